The number of hydrogen-bond acceptors (Lipinski definition) is 4. The second kappa shape index (κ2) is 13.0. The van der Waals surface area contributed by atoms with Crippen LogP contribution in [0.5, 0.6) is 0 Å². The van der Waals surface area contributed by atoms with Gasteiger partial charge in [0.15, 0.2) is 0 Å². The molecule has 0 N–H and O–H groups in total. The first-order chi connectivity index (χ1) is 13.6. The number of β-lactam (4-membered cyclic amide) rings is 2. The molecule has 33 heavy (non-hydrogen) atoms. The van der Waals surface area contributed by atoms with Gasteiger partial charge < -0.3 is 29.7 Å². The summed E-state index contributed by atoms with van der Waals surface area (Å²) in [6.45, 7) is 13.6. The molecule has 2 amide bonds. The fourth-order valence-corrected chi connectivity index (χ4v) is 5.15. The Morgan fingerprint density at radius 3 is 1.85 bits per heavy atom. The maximum Gasteiger partial charge on any atom is 0.148 e. The molecular formula is C23H30N2O4W2Y2-2. The standard InChI is InChI=1S/C12H17NO3.C11H15NO.2W.2Y/c1-8-9(2)12(6-15-7-16-12)4-3-11(8)5-10(14)13-11;1-7-4-5-11(6-10(13)12-11)9(3)8(7)2;;;;/h3-4,8-9H,5-7H2,1-2H3,(H,13,14);4-5,8-9H,1,6H2,2-3H3,(H,12,13);;;;/p-2/t8-,9+,11?,12-;8-,9-,11?;;;;/m11..../s1. The van der Waals surface area contributed by atoms with Crippen molar-refractivity contribution >= 4 is 11.8 Å². The fourth-order valence-electron chi connectivity index (χ4n) is 5.15. The van der Waals surface area contributed by atoms with E-state index in [1.165, 1.54) is 0 Å². The minimum absolute atomic E-state index is 0. The van der Waals surface area contributed by atoms with E-state index < -0.39 is 0 Å². The average Bonchev–Trinajstić information content (AvgIpc) is 3.12. The van der Waals surface area contributed by atoms with Crippen LogP contribution in [0.3, 0.4) is 0 Å². The van der Waals surface area contributed by atoms with Crippen LogP contribution >= 0.6 is 0 Å². The summed E-state index contributed by atoms with van der Waals surface area (Å²) in [5, 5.41) is 8.29. The molecule has 3 fully saturated rings. The minimum Gasteiger partial charge on any atom is -0.644 e. The molecule has 2 radical (unpaired) electrons. The van der Waals surface area contributed by atoms with Gasteiger partial charge in [0, 0.05) is 108 Å². The molecule has 0 saturated carbocycles. The van der Waals surface area contributed by atoms with Crippen LogP contribution in [0.4, 0.5) is 0 Å². The molecule has 2 unspecified atom stereocenters. The Bertz CT molecular complexity index is 798. The maximum atomic E-state index is 11.1. The SMILES string of the molecule is C=C1C=CC2(CC(=O)[N-]2)[C@H](C)[C@@H]1C.C[C@@H]1[C@H](C)[C@@]2(C=CC13CC(=O)[N-]3)COCO2.[W].[W].[Y].[Y]. The Balaban J connectivity index is 0.000000563. The van der Waals surface area contributed by atoms with E-state index in [0.717, 1.165) is 5.57 Å². The van der Waals surface area contributed by atoms with Crippen LogP contribution in [-0.2, 0) is 127 Å². The number of allylic oxidation sites excluding steroid dienone is 2. The minimum atomic E-state index is -0.293. The van der Waals surface area contributed by atoms with Gasteiger partial charge in [0.25, 0.3) is 0 Å². The van der Waals surface area contributed by atoms with Gasteiger partial charge >= 0.3 is 0 Å². The molecule has 2 aliphatic carbocycles. The maximum absolute atomic E-state index is 11.1. The summed E-state index contributed by atoms with van der Waals surface area (Å²) in [7, 11) is 0. The van der Waals surface area contributed by atoms with E-state index in [1.54, 1.807) is 0 Å². The molecule has 3 spiro atoms. The third-order valence-corrected chi connectivity index (χ3v) is 7.95. The summed E-state index contributed by atoms with van der Waals surface area (Å²) >= 11 is 0. The van der Waals surface area contributed by atoms with E-state index >= 15 is 0 Å². The van der Waals surface area contributed by atoms with E-state index in [2.05, 4.69) is 51.0 Å². The third kappa shape index (κ3) is 6.22. The van der Waals surface area contributed by atoms with E-state index in [9.17, 15) is 9.59 Å². The van der Waals surface area contributed by atoms with Gasteiger partial charge in [-0.05, 0) is 36.5 Å². The second-order valence-electron chi connectivity index (χ2n) is 9.31. The zero-order valence-corrected chi connectivity index (χ0v) is 31.2. The normalized spacial score (nSPS) is 41.6. The second-order valence-corrected chi connectivity index (χ2v) is 9.31. The smallest absolute Gasteiger partial charge is 0.148 e. The van der Waals surface area contributed by atoms with Crippen molar-refractivity contribution in [2.75, 3.05) is 13.4 Å². The quantitative estimate of drug-likeness (QED) is 0.272. The zero-order valence-electron chi connectivity index (χ0n) is 19.7. The van der Waals surface area contributed by atoms with E-state index in [4.69, 9.17) is 9.47 Å². The summed E-state index contributed by atoms with van der Waals surface area (Å²) in [6.07, 6.45) is 9.30. The van der Waals surface area contributed by atoms with Gasteiger partial charge in [-0.1, -0.05) is 75.2 Å². The summed E-state index contributed by atoms with van der Waals surface area (Å²) in [4.78, 5) is 22.0. The van der Waals surface area contributed by atoms with Gasteiger partial charge in [0.1, 0.15) is 12.4 Å². The zero-order chi connectivity index (χ0) is 21.0. The summed E-state index contributed by atoms with van der Waals surface area (Å²) < 4.78 is 11.0. The Hall–Kier alpha value is 1.66. The number of nitrogens with zero attached hydrogens (tertiary/aromatic N) is 2. The summed E-state index contributed by atoms with van der Waals surface area (Å²) in [6, 6.07) is 0. The van der Waals surface area contributed by atoms with Crippen LogP contribution in [0.15, 0.2) is 36.5 Å². The molecule has 3 heterocycles. The fraction of sp³-hybridized carbons (Fsp3) is 0.652. The summed E-state index contributed by atoms with van der Waals surface area (Å²) in [5.74, 6) is 1.53. The molecule has 0 aromatic carbocycles. The van der Waals surface area contributed by atoms with Crippen molar-refractivity contribution in [3.63, 3.8) is 0 Å². The van der Waals surface area contributed by atoms with Crippen LogP contribution in [-0.4, -0.2) is 41.9 Å². The first-order valence-corrected chi connectivity index (χ1v) is 10.4. The van der Waals surface area contributed by atoms with Crippen molar-refractivity contribution in [2.45, 2.75) is 57.2 Å². The molecule has 0 aromatic heterocycles. The first kappa shape index (κ1) is 34.7. The molecule has 0 aromatic rings. The predicted molar refractivity (Wildman–Crippen MR) is 110 cm³/mol. The van der Waals surface area contributed by atoms with Crippen LogP contribution in [0.1, 0.15) is 40.5 Å². The largest absolute Gasteiger partial charge is 0.644 e. The van der Waals surface area contributed by atoms with Gasteiger partial charge in [0.2, 0.25) is 0 Å². The van der Waals surface area contributed by atoms with Crippen molar-refractivity contribution in [2.24, 2.45) is 23.7 Å². The van der Waals surface area contributed by atoms with Crippen LogP contribution < -0.4 is 0 Å². The molecule has 176 valence electrons. The molecule has 7 atom stereocenters. The monoisotopic (exact) mass is 944 g/mol. The van der Waals surface area contributed by atoms with Crippen molar-refractivity contribution in [3.05, 3.63) is 47.1 Å². The topological polar surface area (TPSA) is 80.8 Å². The van der Waals surface area contributed by atoms with Crippen molar-refractivity contribution in [3.8, 4) is 0 Å². The number of carbonyl (C=O) groups is 2. The van der Waals surface area contributed by atoms with Crippen molar-refractivity contribution in [1.29, 1.82) is 0 Å². The number of rotatable bonds is 0. The van der Waals surface area contributed by atoms with Gasteiger partial charge in [-0.2, -0.15) is 0 Å². The van der Waals surface area contributed by atoms with Crippen molar-refractivity contribution < 1.29 is 127 Å². The molecular weight excluding hydrogens is 914 g/mol. The van der Waals surface area contributed by atoms with E-state index in [1.807, 2.05) is 18.2 Å². The number of ether oxygens (including phenoxy) is 2. The third-order valence-electron chi connectivity index (χ3n) is 7.95. The predicted octanol–water partition coefficient (Wildman–Crippen LogP) is 4.03. The van der Waals surface area contributed by atoms with Gasteiger partial charge in [-0.15, -0.1) is 0 Å². The first-order valence-electron chi connectivity index (χ1n) is 10.4. The van der Waals surface area contributed by atoms with Crippen LogP contribution in [0.2, 0.25) is 0 Å². The average molecular weight is 944 g/mol. The van der Waals surface area contributed by atoms with Gasteiger partial charge in [-0.25, -0.2) is 0 Å². The number of hydrogen-bond donors (Lipinski definition) is 0. The molecule has 3 saturated heterocycles. The molecule has 6 nitrogen and oxygen atoms in total. The number of carbonyl (C=O) groups excluding carboxylic acids is 2. The summed E-state index contributed by atoms with van der Waals surface area (Å²) in [5.41, 5.74) is 0.414. The number of amides is 2. The Morgan fingerprint density at radius 1 is 0.879 bits per heavy atom. The molecule has 0 bridgehead atoms. The Kier molecular flexibility index (Phi) is 13.6. The molecule has 5 aliphatic rings. The van der Waals surface area contributed by atoms with Crippen LogP contribution in [0, 0.1) is 23.7 Å². The molecule has 5 rings (SSSR count). The Morgan fingerprint density at radius 2 is 1.39 bits per heavy atom. The Labute approximate surface area is 276 Å². The van der Waals surface area contributed by atoms with Gasteiger partial charge in [0.05, 0.1) is 18.4 Å². The van der Waals surface area contributed by atoms with Gasteiger partial charge in [-0.3, -0.25) is 0 Å². The van der Waals surface area contributed by atoms with Crippen molar-refractivity contribution in [1.82, 2.24) is 0 Å². The molecule has 10 heteroatoms. The van der Waals surface area contributed by atoms with E-state index in [0.29, 0.717) is 49.9 Å². The van der Waals surface area contributed by atoms with Crippen LogP contribution in [0.25, 0.3) is 10.6 Å². The van der Waals surface area contributed by atoms with E-state index in [-0.39, 0.29) is 136 Å². The molecule has 3 aliphatic heterocycles.